The lowest BCUT2D eigenvalue weighted by Crippen LogP contribution is -2.61. The van der Waals surface area contributed by atoms with E-state index in [1.165, 1.54) is 0 Å². The maximum absolute atomic E-state index is 12.9. The molecule has 6 heteroatoms. The molecule has 2 fully saturated rings. The monoisotopic (exact) mass is 448 g/mol. The van der Waals surface area contributed by atoms with E-state index in [1.807, 2.05) is 43.5 Å². The summed E-state index contributed by atoms with van der Waals surface area (Å²) in [5, 5.41) is 2.89. The summed E-state index contributed by atoms with van der Waals surface area (Å²) in [6.07, 6.45) is 7.58. The van der Waals surface area contributed by atoms with Gasteiger partial charge in [-0.2, -0.15) is 0 Å². The van der Waals surface area contributed by atoms with E-state index in [0.717, 1.165) is 29.7 Å². The normalized spacial score (nSPS) is 28.9. The molecule has 4 rings (SSSR count). The number of rotatable bonds is 6. The van der Waals surface area contributed by atoms with Gasteiger partial charge in [0.15, 0.2) is 0 Å². The maximum Gasteiger partial charge on any atom is 0.408 e. The number of aromatic nitrogens is 1. The van der Waals surface area contributed by atoms with Crippen molar-refractivity contribution in [3.05, 3.63) is 60.4 Å². The van der Waals surface area contributed by atoms with Crippen LogP contribution >= 0.6 is 0 Å². The minimum absolute atomic E-state index is 0.0720. The number of pyridine rings is 1. The first-order valence-corrected chi connectivity index (χ1v) is 11.8. The molecule has 2 unspecified atom stereocenters. The molecule has 1 saturated carbocycles. The van der Waals surface area contributed by atoms with Crippen molar-refractivity contribution in [3.8, 4) is 11.1 Å². The smallest absolute Gasteiger partial charge is 0.408 e. The number of carbonyl (C=O) groups excluding carboxylic acids is 2. The molecule has 33 heavy (non-hydrogen) atoms. The van der Waals surface area contributed by atoms with Gasteiger partial charge in [0.05, 0.1) is 12.3 Å². The summed E-state index contributed by atoms with van der Waals surface area (Å²) in [7, 11) is 0. The molecule has 174 valence electrons. The van der Waals surface area contributed by atoms with Gasteiger partial charge in [0.1, 0.15) is 11.6 Å². The van der Waals surface area contributed by atoms with Crippen molar-refractivity contribution >= 4 is 18.1 Å². The molecule has 1 aromatic heterocycles. The minimum Gasteiger partial charge on any atom is -0.460 e. The quantitative estimate of drug-likeness (QED) is 0.611. The number of nitrogens with zero attached hydrogens (tertiary/aromatic N) is 1. The number of esters is 1. The Labute approximate surface area is 195 Å². The standard InChI is InChI=1S/C27H32N2O4/c1-4-19-15-16-27(29-26(31)32-5-2)24(18(3)33-25(27)30)23(19)14-13-22-12-11-21(17-28-22)20-9-7-6-8-10-20/h6-14,17-19,23-24H,4-5,15-16H2,1-3H3,(H,29,31)/b14-13+/t18-,19?,23?,24+,27+/m1/s1. The molecular formula is C27H32N2O4. The van der Waals surface area contributed by atoms with Crippen LogP contribution in [0.1, 0.15) is 45.7 Å². The Morgan fingerprint density at radius 2 is 2.00 bits per heavy atom. The molecule has 0 bridgehead atoms. The van der Waals surface area contributed by atoms with E-state index in [2.05, 4.69) is 41.5 Å². The second kappa shape index (κ2) is 9.77. The summed E-state index contributed by atoms with van der Waals surface area (Å²) in [4.78, 5) is 29.9. The highest BCUT2D eigenvalue weighted by Gasteiger charge is 2.62. The second-order valence-corrected chi connectivity index (χ2v) is 8.93. The summed E-state index contributed by atoms with van der Waals surface area (Å²) < 4.78 is 10.8. The van der Waals surface area contributed by atoms with Crippen LogP contribution in [0.25, 0.3) is 17.2 Å². The van der Waals surface area contributed by atoms with Gasteiger partial charge in [0.25, 0.3) is 0 Å². The zero-order valence-corrected chi connectivity index (χ0v) is 19.5. The first kappa shape index (κ1) is 23.0. The van der Waals surface area contributed by atoms with Gasteiger partial charge in [-0.15, -0.1) is 0 Å². The Morgan fingerprint density at radius 3 is 2.67 bits per heavy atom. The van der Waals surface area contributed by atoms with Crippen molar-refractivity contribution in [1.82, 2.24) is 10.3 Å². The molecule has 2 aliphatic rings. The van der Waals surface area contributed by atoms with Gasteiger partial charge >= 0.3 is 12.1 Å². The van der Waals surface area contributed by atoms with Crippen LogP contribution in [0.3, 0.4) is 0 Å². The van der Waals surface area contributed by atoms with Gasteiger partial charge in [-0.25, -0.2) is 9.59 Å². The number of nitrogens with one attached hydrogen (secondary N) is 1. The van der Waals surface area contributed by atoms with E-state index in [0.29, 0.717) is 12.3 Å². The SMILES string of the molecule is CCOC(=O)N[C@@]12CCC(CC)C(/C=C/c3ccc(-c4ccccc4)cn3)[C@@H]1[C@@H](C)OC2=O. The minimum atomic E-state index is -1.04. The number of alkyl carbamates (subject to hydrolysis) is 1. The Morgan fingerprint density at radius 1 is 1.21 bits per heavy atom. The summed E-state index contributed by atoms with van der Waals surface area (Å²) in [5.41, 5.74) is 2.01. The molecule has 1 aliphatic carbocycles. The first-order chi connectivity index (χ1) is 16.0. The third kappa shape index (κ3) is 4.52. The van der Waals surface area contributed by atoms with E-state index >= 15 is 0 Å². The largest absolute Gasteiger partial charge is 0.460 e. The van der Waals surface area contributed by atoms with E-state index in [4.69, 9.17) is 9.47 Å². The molecule has 2 aromatic rings. The lowest BCUT2D eigenvalue weighted by atomic mass is 9.61. The van der Waals surface area contributed by atoms with Gasteiger partial charge in [0.2, 0.25) is 0 Å². The molecular weight excluding hydrogens is 416 g/mol. The van der Waals surface area contributed by atoms with E-state index in [1.54, 1.807) is 6.92 Å². The van der Waals surface area contributed by atoms with Crippen molar-refractivity contribution < 1.29 is 19.1 Å². The molecule has 1 aliphatic heterocycles. The molecule has 1 aromatic carbocycles. The van der Waals surface area contributed by atoms with Gasteiger partial charge in [-0.1, -0.05) is 55.8 Å². The predicted octanol–water partition coefficient (Wildman–Crippen LogP) is 5.24. The highest BCUT2D eigenvalue weighted by Crippen LogP contribution is 2.50. The fraction of sp³-hybridized carbons (Fsp3) is 0.444. The number of carbonyl (C=O) groups is 2. The number of hydrogen-bond donors (Lipinski definition) is 1. The van der Waals surface area contributed by atoms with Crippen LogP contribution < -0.4 is 5.32 Å². The second-order valence-electron chi connectivity index (χ2n) is 8.93. The van der Waals surface area contributed by atoms with Gasteiger partial charge in [0, 0.05) is 17.7 Å². The molecule has 1 N–H and O–H groups in total. The van der Waals surface area contributed by atoms with Gasteiger partial charge < -0.3 is 14.8 Å². The Hall–Kier alpha value is -3.15. The number of ether oxygens (including phenoxy) is 2. The Bertz CT molecular complexity index is 1000. The molecule has 1 saturated heterocycles. The Kier molecular flexibility index (Phi) is 6.82. The first-order valence-electron chi connectivity index (χ1n) is 11.8. The third-order valence-corrected chi connectivity index (χ3v) is 7.11. The number of cyclic esters (lactones) is 1. The van der Waals surface area contributed by atoms with E-state index in [-0.39, 0.29) is 30.5 Å². The van der Waals surface area contributed by atoms with Crippen LogP contribution in [0.15, 0.2) is 54.7 Å². The molecule has 0 spiro atoms. The summed E-state index contributed by atoms with van der Waals surface area (Å²) in [6.45, 7) is 6.10. The third-order valence-electron chi connectivity index (χ3n) is 7.11. The predicted molar refractivity (Wildman–Crippen MR) is 127 cm³/mol. The van der Waals surface area contributed by atoms with Crippen LogP contribution in [0.5, 0.6) is 0 Å². The van der Waals surface area contributed by atoms with Crippen molar-refractivity contribution in [2.75, 3.05) is 6.61 Å². The van der Waals surface area contributed by atoms with Crippen molar-refractivity contribution in [2.45, 2.75) is 51.7 Å². The lowest BCUT2D eigenvalue weighted by Gasteiger charge is -2.44. The fourth-order valence-corrected chi connectivity index (χ4v) is 5.51. The zero-order valence-electron chi connectivity index (χ0n) is 19.5. The molecule has 1 amide bonds. The van der Waals surface area contributed by atoms with Gasteiger partial charge in [-0.05, 0) is 56.2 Å². The summed E-state index contributed by atoms with van der Waals surface area (Å²) >= 11 is 0. The molecule has 5 atom stereocenters. The van der Waals surface area contributed by atoms with Crippen LogP contribution in [-0.4, -0.2) is 35.3 Å². The van der Waals surface area contributed by atoms with Crippen molar-refractivity contribution in [3.63, 3.8) is 0 Å². The average molecular weight is 449 g/mol. The fourth-order valence-electron chi connectivity index (χ4n) is 5.51. The van der Waals surface area contributed by atoms with Crippen LogP contribution in [-0.2, 0) is 14.3 Å². The highest BCUT2D eigenvalue weighted by atomic mass is 16.6. The van der Waals surface area contributed by atoms with Crippen LogP contribution in [0, 0.1) is 17.8 Å². The summed E-state index contributed by atoms with van der Waals surface area (Å²) in [5.74, 6) is -0.0501. The van der Waals surface area contributed by atoms with E-state index < -0.39 is 11.6 Å². The van der Waals surface area contributed by atoms with Crippen molar-refractivity contribution in [2.24, 2.45) is 17.8 Å². The molecule has 0 radical (unpaired) electrons. The van der Waals surface area contributed by atoms with Crippen LogP contribution in [0.2, 0.25) is 0 Å². The molecule has 6 nitrogen and oxygen atoms in total. The Balaban J connectivity index is 1.60. The average Bonchev–Trinajstić information content (AvgIpc) is 3.08. The maximum atomic E-state index is 12.9. The number of fused-ring (bicyclic) bond motifs is 1. The number of hydrogen-bond acceptors (Lipinski definition) is 5. The van der Waals surface area contributed by atoms with Crippen molar-refractivity contribution in [1.29, 1.82) is 0 Å². The highest BCUT2D eigenvalue weighted by molar-refractivity contribution is 5.88. The van der Waals surface area contributed by atoms with E-state index in [9.17, 15) is 9.59 Å². The topological polar surface area (TPSA) is 77.5 Å². The number of benzene rings is 1. The zero-order chi connectivity index (χ0) is 23.4. The number of allylic oxidation sites excluding steroid dienone is 1. The lowest BCUT2D eigenvalue weighted by molar-refractivity contribution is -0.146. The molecule has 2 heterocycles. The van der Waals surface area contributed by atoms with Crippen LogP contribution in [0.4, 0.5) is 4.79 Å². The number of amides is 1. The van der Waals surface area contributed by atoms with Gasteiger partial charge in [-0.3, -0.25) is 4.98 Å². The summed E-state index contributed by atoms with van der Waals surface area (Å²) in [6, 6.07) is 14.2.